The van der Waals surface area contributed by atoms with Gasteiger partial charge < -0.3 is 0 Å². The highest BCUT2D eigenvalue weighted by Gasteiger charge is 2.19. The van der Waals surface area contributed by atoms with Crippen LogP contribution in [0.1, 0.15) is 47.9 Å². The van der Waals surface area contributed by atoms with E-state index in [2.05, 4.69) is 54.0 Å². The molecule has 2 heteroatoms. The van der Waals surface area contributed by atoms with Crippen LogP contribution in [0.3, 0.4) is 0 Å². The van der Waals surface area contributed by atoms with Gasteiger partial charge in [-0.3, -0.25) is 11.3 Å². The summed E-state index contributed by atoms with van der Waals surface area (Å²) in [5.41, 5.74) is 6.99. The third-order valence-electron chi connectivity index (χ3n) is 4.40. The van der Waals surface area contributed by atoms with Crippen molar-refractivity contribution < 1.29 is 0 Å². The fourth-order valence-electron chi connectivity index (χ4n) is 2.86. The van der Waals surface area contributed by atoms with Gasteiger partial charge in [-0.15, -0.1) is 0 Å². The zero-order valence-electron chi connectivity index (χ0n) is 11.8. The Labute approximate surface area is 121 Å². The molecule has 0 aliphatic heterocycles. The number of nitrogens with two attached hydrogens (primary N) is 1. The van der Waals surface area contributed by atoms with Crippen LogP contribution in [0.4, 0.5) is 0 Å². The Balaban J connectivity index is 1.72. The van der Waals surface area contributed by atoms with Crippen molar-refractivity contribution >= 4 is 0 Å². The average molecular weight is 266 g/mol. The quantitative estimate of drug-likeness (QED) is 0.639. The van der Waals surface area contributed by atoms with Crippen LogP contribution in [0.2, 0.25) is 0 Å². The van der Waals surface area contributed by atoms with Crippen molar-refractivity contribution in [2.45, 2.75) is 37.6 Å². The second-order valence-corrected chi connectivity index (χ2v) is 5.70. The minimum Gasteiger partial charge on any atom is -0.271 e. The summed E-state index contributed by atoms with van der Waals surface area (Å²) in [6.07, 6.45) is 5.00. The zero-order chi connectivity index (χ0) is 13.8. The van der Waals surface area contributed by atoms with E-state index < -0.39 is 0 Å². The van der Waals surface area contributed by atoms with E-state index in [-0.39, 0.29) is 6.04 Å². The molecular weight excluding hydrogens is 244 g/mol. The van der Waals surface area contributed by atoms with E-state index in [0.29, 0.717) is 0 Å². The van der Waals surface area contributed by atoms with Gasteiger partial charge in [0.1, 0.15) is 0 Å². The van der Waals surface area contributed by atoms with Crippen LogP contribution >= 0.6 is 0 Å². The molecule has 3 rings (SSSR count). The van der Waals surface area contributed by atoms with Crippen LogP contribution < -0.4 is 11.3 Å². The summed E-state index contributed by atoms with van der Waals surface area (Å²) in [4.78, 5) is 0. The maximum absolute atomic E-state index is 5.74. The number of rotatable bonds is 5. The van der Waals surface area contributed by atoms with Crippen LogP contribution in [-0.4, -0.2) is 0 Å². The van der Waals surface area contributed by atoms with E-state index in [4.69, 9.17) is 5.84 Å². The minimum atomic E-state index is 0.174. The van der Waals surface area contributed by atoms with E-state index in [0.717, 1.165) is 12.3 Å². The molecule has 0 spiro atoms. The molecule has 0 aromatic heterocycles. The normalized spacial score (nSPS) is 16.6. The van der Waals surface area contributed by atoms with Gasteiger partial charge in [0.05, 0.1) is 0 Å². The molecule has 1 fully saturated rings. The van der Waals surface area contributed by atoms with Gasteiger partial charge >= 0.3 is 0 Å². The third-order valence-corrected chi connectivity index (χ3v) is 4.40. The molecule has 3 N–H and O–H groups in total. The van der Waals surface area contributed by atoms with Crippen molar-refractivity contribution in [3.8, 4) is 0 Å². The Morgan fingerprint density at radius 1 is 1.00 bits per heavy atom. The van der Waals surface area contributed by atoms with Crippen molar-refractivity contribution in [2.75, 3.05) is 0 Å². The van der Waals surface area contributed by atoms with Gasteiger partial charge in [-0.25, -0.2) is 0 Å². The average Bonchev–Trinajstić information content (AvgIpc) is 2.45. The Kier molecular flexibility index (Phi) is 4.14. The summed E-state index contributed by atoms with van der Waals surface area (Å²) in [7, 11) is 0. The minimum absolute atomic E-state index is 0.174. The van der Waals surface area contributed by atoms with Crippen LogP contribution in [0, 0.1) is 0 Å². The SMILES string of the molecule is NNC(Cc1ccccc1)c1ccc(C2CCC2)cc1. The molecule has 1 aliphatic rings. The highest BCUT2D eigenvalue weighted by molar-refractivity contribution is 5.30. The molecule has 2 aromatic rings. The van der Waals surface area contributed by atoms with Crippen LogP contribution in [0.5, 0.6) is 0 Å². The number of nitrogens with one attached hydrogen (secondary N) is 1. The lowest BCUT2D eigenvalue weighted by atomic mass is 9.80. The van der Waals surface area contributed by atoms with Gasteiger partial charge in [0.2, 0.25) is 0 Å². The van der Waals surface area contributed by atoms with Crippen molar-refractivity contribution in [3.63, 3.8) is 0 Å². The predicted molar refractivity (Wildman–Crippen MR) is 83.2 cm³/mol. The summed E-state index contributed by atoms with van der Waals surface area (Å²) >= 11 is 0. The van der Waals surface area contributed by atoms with Crippen molar-refractivity contribution in [1.82, 2.24) is 5.43 Å². The highest BCUT2D eigenvalue weighted by atomic mass is 15.2. The Bertz CT molecular complexity index is 529. The molecule has 2 nitrogen and oxygen atoms in total. The van der Waals surface area contributed by atoms with E-state index in [1.165, 1.54) is 36.0 Å². The van der Waals surface area contributed by atoms with Gasteiger partial charge in [-0.2, -0.15) is 0 Å². The maximum Gasteiger partial charge on any atom is 0.0500 e. The van der Waals surface area contributed by atoms with Gasteiger partial charge in [0.15, 0.2) is 0 Å². The standard InChI is InChI=1S/C18H22N2/c19-20-18(13-14-5-2-1-3-6-14)17-11-9-16(10-12-17)15-7-4-8-15/h1-3,5-6,9-12,15,18,20H,4,7-8,13,19H2. The smallest absolute Gasteiger partial charge is 0.0500 e. The largest absolute Gasteiger partial charge is 0.271 e. The molecule has 0 radical (unpaired) electrons. The first kappa shape index (κ1) is 13.3. The molecule has 0 saturated heterocycles. The summed E-state index contributed by atoms with van der Waals surface area (Å²) in [6, 6.07) is 19.6. The Hall–Kier alpha value is -1.64. The monoisotopic (exact) mass is 266 g/mol. The first-order valence-corrected chi connectivity index (χ1v) is 7.47. The van der Waals surface area contributed by atoms with Crippen LogP contribution in [0.15, 0.2) is 54.6 Å². The molecule has 1 atom stereocenters. The third kappa shape index (κ3) is 2.92. The lowest BCUT2D eigenvalue weighted by molar-refractivity contribution is 0.419. The lowest BCUT2D eigenvalue weighted by Crippen LogP contribution is -2.29. The van der Waals surface area contributed by atoms with Crippen molar-refractivity contribution in [1.29, 1.82) is 0 Å². The van der Waals surface area contributed by atoms with Gasteiger partial charge in [0, 0.05) is 6.04 Å². The molecule has 0 bridgehead atoms. The fraction of sp³-hybridized carbons (Fsp3) is 0.333. The molecule has 1 unspecified atom stereocenters. The maximum atomic E-state index is 5.74. The summed E-state index contributed by atoms with van der Waals surface area (Å²) in [6.45, 7) is 0. The van der Waals surface area contributed by atoms with Crippen LogP contribution in [-0.2, 0) is 6.42 Å². The lowest BCUT2D eigenvalue weighted by Gasteiger charge is -2.26. The summed E-state index contributed by atoms with van der Waals surface area (Å²) < 4.78 is 0. The number of hydrogen-bond donors (Lipinski definition) is 2. The van der Waals surface area contributed by atoms with Crippen molar-refractivity contribution in [2.24, 2.45) is 5.84 Å². The zero-order valence-corrected chi connectivity index (χ0v) is 11.8. The Morgan fingerprint density at radius 3 is 2.25 bits per heavy atom. The molecule has 20 heavy (non-hydrogen) atoms. The second kappa shape index (κ2) is 6.21. The van der Waals surface area contributed by atoms with Gasteiger partial charge in [-0.05, 0) is 41.9 Å². The van der Waals surface area contributed by atoms with E-state index >= 15 is 0 Å². The van der Waals surface area contributed by atoms with Crippen molar-refractivity contribution in [3.05, 3.63) is 71.3 Å². The molecule has 1 aliphatic carbocycles. The van der Waals surface area contributed by atoms with E-state index in [9.17, 15) is 0 Å². The Morgan fingerprint density at radius 2 is 1.70 bits per heavy atom. The van der Waals surface area contributed by atoms with Gasteiger partial charge in [-0.1, -0.05) is 61.0 Å². The summed E-state index contributed by atoms with van der Waals surface area (Å²) in [5.74, 6) is 6.53. The van der Waals surface area contributed by atoms with E-state index in [1.807, 2.05) is 6.07 Å². The molecule has 0 amide bonds. The number of hydrazine groups is 1. The number of benzene rings is 2. The fourth-order valence-corrected chi connectivity index (χ4v) is 2.86. The summed E-state index contributed by atoms with van der Waals surface area (Å²) in [5, 5.41) is 0. The van der Waals surface area contributed by atoms with E-state index in [1.54, 1.807) is 0 Å². The molecular formula is C18H22N2. The second-order valence-electron chi connectivity index (χ2n) is 5.70. The molecule has 0 heterocycles. The molecule has 2 aromatic carbocycles. The molecule has 1 saturated carbocycles. The first-order chi connectivity index (χ1) is 9.86. The predicted octanol–water partition coefficient (Wildman–Crippen LogP) is 3.70. The first-order valence-electron chi connectivity index (χ1n) is 7.47. The topological polar surface area (TPSA) is 38.0 Å². The van der Waals surface area contributed by atoms with Gasteiger partial charge in [0.25, 0.3) is 0 Å². The number of hydrogen-bond acceptors (Lipinski definition) is 2. The highest BCUT2D eigenvalue weighted by Crippen LogP contribution is 2.36. The van der Waals surface area contributed by atoms with Crippen LogP contribution in [0.25, 0.3) is 0 Å². The molecule has 104 valence electrons.